The minimum atomic E-state index is -3.66. The number of rotatable bonds is 8. The fourth-order valence-corrected chi connectivity index (χ4v) is 3.91. The molecule has 6 nitrogen and oxygen atoms in total. The molecule has 7 heteroatoms. The van der Waals surface area contributed by atoms with E-state index < -0.39 is 10.0 Å². The Bertz CT molecular complexity index is 1010. The molecule has 0 saturated heterocycles. The number of hydrogen-bond acceptors (Lipinski definition) is 4. The van der Waals surface area contributed by atoms with Crippen molar-refractivity contribution in [1.29, 1.82) is 0 Å². The first-order valence-electron chi connectivity index (χ1n) is 8.89. The highest BCUT2D eigenvalue weighted by atomic mass is 32.2. The lowest BCUT2D eigenvalue weighted by Crippen LogP contribution is -2.15. The molecule has 1 heterocycles. The normalized spacial score (nSPS) is 11.9. The molecule has 2 N–H and O–H groups in total. The molecule has 2 aromatic carbocycles. The third-order valence-electron chi connectivity index (χ3n) is 4.20. The summed E-state index contributed by atoms with van der Waals surface area (Å²) in [5.41, 5.74) is 2.52. The molecule has 0 amide bonds. The van der Waals surface area contributed by atoms with Gasteiger partial charge in [-0.25, -0.2) is 8.42 Å². The predicted molar refractivity (Wildman–Crippen MR) is 109 cm³/mol. The number of nitrogens with zero attached hydrogens (tertiary/aromatic N) is 1. The van der Waals surface area contributed by atoms with Gasteiger partial charge in [-0.15, -0.1) is 0 Å². The molecule has 0 atom stereocenters. The minimum Gasteiger partial charge on any atom is -0.494 e. The molecular weight excluding hydrogens is 362 g/mol. The minimum absolute atomic E-state index is 0.238. The number of anilines is 1. The van der Waals surface area contributed by atoms with Crippen LogP contribution in [0.1, 0.15) is 12.6 Å². The summed E-state index contributed by atoms with van der Waals surface area (Å²) >= 11 is 0. The van der Waals surface area contributed by atoms with Gasteiger partial charge in [-0.2, -0.15) is 0 Å². The SMILES string of the molecule is CCOc1ccc(NS(=O)(=O)c2ccc3[nH]c(CCN(C)C)cc3c2)cc1. The maximum atomic E-state index is 12.7. The number of aromatic amines is 1. The average molecular weight is 388 g/mol. The molecule has 0 unspecified atom stereocenters. The maximum absolute atomic E-state index is 12.7. The Labute approximate surface area is 160 Å². The number of sulfonamides is 1. The second-order valence-corrected chi connectivity index (χ2v) is 8.34. The first-order valence-corrected chi connectivity index (χ1v) is 10.4. The zero-order valence-electron chi connectivity index (χ0n) is 15.8. The van der Waals surface area contributed by atoms with Gasteiger partial charge in [-0.05, 0) is 69.6 Å². The van der Waals surface area contributed by atoms with E-state index in [2.05, 4.69) is 14.6 Å². The quantitative estimate of drug-likeness (QED) is 0.621. The highest BCUT2D eigenvalue weighted by Gasteiger charge is 2.15. The summed E-state index contributed by atoms with van der Waals surface area (Å²) in [6.45, 7) is 3.40. The second kappa shape index (κ2) is 8.02. The van der Waals surface area contributed by atoms with Crippen LogP contribution in [-0.2, 0) is 16.4 Å². The van der Waals surface area contributed by atoms with Crippen molar-refractivity contribution in [2.45, 2.75) is 18.2 Å². The highest BCUT2D eigenvalue weighted by molar-refractivity contribution is 7.92. The Kier molecular flexibility index (Phi) is 5.72. The van der Waals surface area contributed by atoms with E-state index in [1.165, 1.54) is 0 Å². The van der Waals surface area contributed by atoms with Crippen molar-refractivity contribution in [3.05, 3.63) is 54.2 Å². The standard InChI is InChI=1S/C20H25N3O3S/c1-4-26-18-7-5-16(6-8-18)22-27(24,25)19-9-10-20-15(14-19)13-17(21-20)11-12-23(2)3/h5-10,13-14,21-22H,4,11-12H2,1-3H3. The third kappa shape index (κ3) is 4.81. The lowest BCUT2D eigenvalue weighted by Gasteiger charge is -2.09. The molecule has 0 spiro atoms. The van der Waals surface area contributed by atoms with Gasteiger partial charge in [-0.3, -0.25) is 4.72 Å². The molecule has 27 heavy (non-hydrogen) atoms. The summed E-state index contributed by atoms with van der Waals surface area (Å²) in [7, 11) is 0.396. The number of benzene rings is 2. The molecule has 0 bridgehead atoms. The molecule has 3 rings (SSSR count). The Balaban J connectivity index is 1.79. The number of H-pyrrole nitrogens is 1. The van der Waals surface area contributed by atoms with Crippen LogP contribution in [-0.4, -0.2) is 45.5 Å². The number of aromatic nitrogens is 1. The van der Waals surface area contributed by atoms with Crippen molar-refractivity contribution in [2.75, 3.05) is 32.0 Å². The van der Waals surface area contributed by atoms with Crippen LogP contribution in [0, 0.1) is 0 Å². The number of nitrogens with one attached hydrogen (secondary N) is 2. The summed E-state index contributed by atoms with van der Waals surface area (Å²) in [6, 6.07) is 14.0. The second-order valence-electron chi connectivity index (χ2n) is 6.66. The molecule has 0 saturated carbocycles. The van der Waals surface area contributed by atoms with Crippen molar-refractivity contribution in [2.24, 2.45) is 0 Å². The fraction of sp³-hybridized carbons (Fsp3) is 0.300. The van der Waals surface area contributed by atoms with E-state index in [0.717, 1.165) is 29.6 Å². The maximum Gasteiger partial charge on any atom is 0.261 e. The Morgan fingerprint density at radius 1 is 1.07 bits per heavy atom. The number of hydrogen-bond donors (Lipinski definition) is 2. The van der Waals surface area contributed by atoms with Gasteiger partial charge in [0.2, 0.25) is 0 Å². The van der Waals surface area contributed by atoms with E-state index in [1.54, 1.807) is 42.5 Å². The van der Waals surface area contributed by atoms with Crippen LogP contribution in [0.3, 0.4) is 0 Å². The van der Waals surface area contributed by atoms with Crippen molar-refractivity contribution >= 4 is 26.6 Å². The van der Waals surface area contributed by atoms with Crippen LogP contribution in [0.5, 0.6) is 5.75 Å². The molecule has 0 aliphatic carbocycles. The van der Waals surface area contributed by atoms with Crippen LogP contribution >= 0.6 is 0 Å². The zero-order valence-corrected chi connectivity index (χ0v) is 16.6. The highest BCUT2D eigenvalue weighted by Crippen LogP contribution is 2.23. The smallest absolute Gasteiger partial charge is 0.261 e. The number of fused-ring (bicyclic) bond motifs is 1. The number of ether oxygens (including phenoxy) is 1. The molecule has 0 aliphatic heterocycles. The van der Waals surface area contributed by atoms with Crippen LogP contribution in [0.4, 0.5) is 5.69 Å². The van der Waals surface area contributed by atoms with Gasteiger partial charge in [0.1, 0.15) is 5.75 Å². The van der Waals surface area contributed by atoms with E-state index in [9.17, 15) is 8.42 Å². The van der Waals surface area contributed by atoms with E-state index in [1.807, 2.05) is 27.1 Å². The summed E-state index contributed by atoms with van der Waals surface area (Å²) < 4.78 is 33.4. The first-order chi connectivity index (χ1) is 12.9. The Morgan fingerprint density at radius 3 is 2.48 bits per heavy atom. The summed E-state index contributed by atoms with van der Waals surface area (Å²) in [4.78, 5) is 5.69. The molecule has 0 fully saturated rings. The van der Waals surface area contributed by atoms with E-state index >= 15 is 0 Å². The molecule has 3 aromatic rings. The largest absolute Gasteiger partial charge is 0.494 e. The van der Waals surface area contributed by atoms with Gasteiger partial charge in [0.05, 0.1) is 11.5 Å². The molecule has 144 valence electrons. The van der Waals surface area contributed by atoms with Crippen molar-refractivity contribution in [3.63, 3.8) is 0 Å². The van der Waals surface area contributed by atoms with Gasteiger partial charge < -0.3 is 14.6 Å². The topological polar surface area (TPSA) is 74.4 Å². The molecule has 0 radical (unpaired) electrons. The Morgan fingerprint density at radius 2 is 1.81 bits per heavy atom. The van der Waals surface area contributed by atoms with Crippen LogP contribution < -0.4 is 9.46 Å². The van der Waals surface area contributed by atoms with E-state index in [4.69, 9.17) is 4.74 Å². The lowest BCUT2D eigenvalue weighted by molar-refractivity contribution is 0.340. The van der Waals surface area contributed by atoms with Crippen molar-refractivity contribution in [1.82, 2.24) is 9.88 Å². The third-order valence-corrected chi connectivity index (χ3v) is 5.58. The van der Waals surface area contributed by atoms with Crippen molar-refractivity contribution in [3.8, 4) is 5.75 Å². The zero-order chi connectivity index (χ0) is 19.4. The molecule has 1 aromatic heterocycles. The summed E-state index contributed by atoms with van der Waals surface area (Å²) in [5.74, 6) is 0.708. The van der Waals surface area contributed by atoms with Crippen molar-refractivity contribution < 1.29 is 13.2 Å². The average Bonchev–Trinajstić information content (AvgIpc) is 3.04. The van der Waals surface area contributed by atoms with Gasteiger partial charge in [-0.1, -0.05) is 0 Å². The van der Waals surface area contributed by atoms with Gasteiger partial charge in [0, 0.05) is 35.2 Å². The summed E-state index contributed by atoms with van der Waals surface area (Å²) in [5, 5.41) is 0.887. The van der Waals surface area contributed by atoms with Gasteiger partial charge >= 0.3 is 0 Å². The molecular formula is C20H25N3O3S. The summed E-state index contributed by atoms with van der Waals surface area (Å²) in [6.07, 6.45) is 0.883. The van der Waals surface area contributed by atoms with Crippen LogP contribution in [0.15, 0.2) is 53.4 Å². The van der Waals surface area contributed by atoms with E-state index in [0.29, 0.717) is 18.0 Å². The van der Waals surface area contributed by atoms with Crippen LogP contribution in [0.2, 0.25) is 0 Å². The fourth-order valence-electron chi connectivity index (χ4n) is 2.82. The monoisotopic (exact) mass is 387 g/mol. The first kappa shape index (κ1) is 19.3. The van der Waals surface area contributed by atoms with Crippen LogP contribution in [0.25, 0.3) is 10.9 Å². The predicted octanol–water partition coefficient (Wildman–Crippen LogP) is 3.47. The van der Waals surface area contributed by atoms with Gasteiger partial charge in [0.25, 0.3) is 10.0 Å². The Hall–Kier alpha value is -2.51. The van der Waals surface area contributed by atoms with Gasteiger partial charge in [0.15, 0.2) is 0 Å². The number of likely N-dealkylation sites (N-methyl/N-ethyl adjacent to an activating group) is 1. The lowest BCUT2D eigenvalue weighted by atomic mass is 10.2. The van der Waals surface area contributed by atoms with E-state index in [-0.39, 0.29) is 4.90 Å². The molecule has 0 aliphatic rings.